The molecule has 3 aliphatic rings. The van der Waals surface area contributed by atoms with Crippen molar-refractivity contribution >= 4 is 0 Å². The van der Waals surface area contributed by atoms with Gasteiger partial charge in [-0.3, -0.25) is 0 Å². The average Bonchev–Trinajstić information content (AvgIpc) is 2.38. The summed E-state index contributed by atoms with van der Waals surface area (Å²) in [4.78, 5) is 0. The van der Waals surface area contributed by atoms with Gasteiger partial charge in [-0.15, -0.1) is 10.3 Å². The third-order valence-corrected chi connectivity index (χ3v) is 5.66. The number of piperidine rings is 1. The third-order valence-electron chi connectivity index (χ3n) is 5.66. The Morgan fingerprint density at radius 1 is 0.778 bits per heavy atom. The molecule has 0 unspecified atom stereocenters. The van der Waals surface area contributed by atoms with E-state index in [1.54, 1.807) is 0 Å². The zero-order valence-electron chi connectivity index (χ0n) is 11.4. The lowest BCUT2D eigenvalue weighted by atomic mass is 9.66. The Kier molecular flexibility index (Phi) is 3.41. The number of nitrogens with zero attached hydrogens (tertiary/aromatic N) is 1. The molecule has 1 heterocycles. The summed E-state index contributed by atoms with van der Waals surface area (Å²) >= 11 is 0. The van der Waals surface area contributed by atoms with Gasteiger partial charge in [0.1, 0.15) is 0 Å². The molecule has 2 aliphatic carbocycles. The molecule has 0 aromatic rings. The molecule has 2 saturated carbocycles. The quantitative estimate of drug-likeness (QED) is 0.719. The van der Waals surface area contributed by atoms with Gasteiger partial charge in [-0.2, -0.15) is 0 Å². The Morgan fingerprint density at radius 3 is 1.56 bits per heavy atom. The van der Waals surface area contributed by atoms with Crippen molar-refractivity contribution in [2.45, 2.75) is 94.2 Å². The summed E-state index contributed by atoms with van der Waals surface area (Å²) in [6, 6.07) is 0. The highest BCUT2D eigenvalue weighted by Gasteiger charge is 2.55. The van der Waals surface area contributed by atoms with Crippen LogP contribution in [0.2, 0.25) is 0 Å². The van der Waals surface area contributed by atoms with Crippen LogP contribution in [0, 0.1) is 0 Å². The molecule has 1 saturated heterocycles. The van der Waals surface area contributed by atoms with E-state index in [4.69, 9.17) is 0 Å². The van der Waals surface area contributed by atoms with Crippen molar-refractivity contribution in [1.29, 1.82) is 0 Å². The highest BCUT2D eigenvalue weighted by molar-refractivity contribution is 5.06. The molecule has 1 N–H and O–H groups in total. The van der Waals surface area contributed by atoms with Crippen molar-refractivity contribution in [1.82, 2.24) is 5.06 Å². The molecule has 1 aliphatic heterocycles. The Morgan fingerprint density at radius 2 is 1.17 bits per heavy atom. The molecule has 1 radical (unpaired) electrons. The zero-order valence-corrected chi connectivity index (χ0v) is 11.4. The Balaban J connectivity index is 1.86. The molecule has 3 heteroatoms. The SMILES string of the molecule is [O]N1C2(CCCCC2)CC(O)CC12CCCCC2. The maximum Gasteiger partial charge on any atom is 0.0577 e. The first-order chi connectivity index (χ1) is 8.67. The van der Waals surface area contributed by atoms with Crippen LogP contribution in [0.25, 0.3) is 0 Å². The van der Waals surface area contributed by atoms with Gasteiger partial charge >= 0.3 is 0 Å². The van der Waals surface area contributed by atoms with Gasteiger partial charge in [-0.25, -0.2) is 0 Å². The van der Waals surface area contributed by atoms with Gasteiger partial charge < -0.3 is 5.11 Å². The predicted octanol–water partition coefficient (Wildman–Crippen LogP) is 3.19. The number of aliphatic hydroxyl groups is 1. The summed E-state index contributed by atoms with van der Waals surface area (Å²) < 4.78 is 0. The Labute approximate surface area is 110 Å². The fourth-order valence-electron chi connectivity index (χ4n) is 4.85. The van der Waals surface area contributed by atoms with Crippen molar-refractivity contribution < 1.29 is 10.3 Å². The van der Waals surface area contributed by atoms with Crippen LogP contribution in [0.5, 0.6) is 0 Å². The fourth-order valence-corrected chi connectivity index (χ4v) is 4.85. The maximum atomic E-state index is 13.0. The lowest BCUT2D eigenvalue weighted by Crippen LogP contribution is -2.65. The number of aliphatic hydroxyl groups excluding tert-OH is 1. The second-order valence-electron chi connectivity index (χ2n) is 6.93. The predicted molar refractivity (Wildman–Crippen MR) is 69.4 cm³/mol. The van der Waals surface area contributed by atoms with E-state index in [-0.39, 0.29) is 17.2 Å². The topological polar surface area (TPSA) is 43.4 Å². The lowest BCUT2D eigenvalue weighted by Gasteiger charge is -2.57. The standard InChI is InChI=1S/C15H26NO2/c17-13-11-14(7-3-1-4-8-14)16(18)15(12-13)9-5-2-6-10-15/h13,17H,1-12H2. The first-order valence-electron chi connectivity index (χ1n) is 7.83. The van der Waals surface area contributed by atoms with Gasteiger partial charge in [0.2, 0.25) is 0 Å². The number of hydrogen-bond donors (Lipinski definition) is 1. The van der Waals surface area contributed by atoms with Crippen molar-refractivity contribution in [3.8, 4) is 0 Å². The van der Waals surface area contributed by atoms with Crippen molar-refractivity contribution in [2.75, 3.05) is 0 Å². The van der Waals surface area contributed by atoms with Crippen molar-refractivity contribution in [3.63, 3.8) is 0 Å². The van der Waals surface area contributed by atoms with Crippen molar-refractivity contribution in [3.05, 3.63) is 0 Å². The molecule has 18 heavy (non-hydrogen) atoms. The average molecular weight is 252 g/mol. The number of hydroxylamine groups is 2. The molecule has 103 valence electrons. The minimum atomic E-state index is -0.244. The summed E-state index contributed by atoms with van der Waals surface area (Å²) in [5.41, 5.74) is -0.430. The largest absolute Gasteiger partial charge is 0.393 e. The van der Waals surface area contributed by atoms with Gasteiger partial charge in [0.05, 0.1) is 17.2 Å². The van der Waals surface area contributed by atoms with Crippen LogP contribution in [0.1, 0.15) is 77.0 Å². The van der Waals surface area contributed by atoms with Crippen molar-refractivity contribution in [2.24, 2.45) is 0 Å². The van der Waals surface area contributed by atoms with Crippen LogP contribution < -0.4 is 0 Å². The van der Waals surface area contributed by atoms with Gasteiger partial charge in [0.15, 0.2) is 0 Å². The second-order valence-corrected chi connectivity index (χ2v) is 6.93. The third kappa shape index (κ3) is 2.00. The van der Waals surface area contributed by atoms with Crippen LogP contribution in [-0.4, -0.2) is 27.4 Å². The van der Waals surface area contributed by atoms with E-state index in [0.717, 1.165) is 38.5 Å². The van der Waals surface area contributed by atoms with E-state index < -0.39 is 0 Å². The van der Waals surface area contributed by atoms with Crippen LogP contribution in [0.3, 0.4) is 0 Å². The smallest absolute Gasteiger partial charge is 0.0577 e. The molecule has 0 amide bonds. The monoisotopic (exact) mass is 252 g/mol. The van der Waals surface area contributed by atoms with Gasteiger partial charge in [0.25, 0.3) is 0 Å². The number of rotatable bonds is 0. The summed E-state index contributed by atoms with van der Waals surface area (Å²) in [6.07, 6.45) is 12.4. The van der Waals surface area contributed by atoms with E-state index in [0.29, 0.717) is 0 Å². The Hall–Kier alpha value is -0.120. The molecule has 0 aromatic heterocycles. The minimum absolute atomic E-state index is 0.215. The summed E-state index contributed by atoms with van der Waals surface area (Å²) in [5, 5.41) is 24.8. The normalized spacial score (nSPS) is 36.0. The van der Waals surface area contributed by atoms with E-state index in [1.807, 2.05) is 0 Å². The van der Waals surface area contributed by atoms with E-state index in [2.05, 4.69) is 0 Å². The van der Waals surface area contributed by atoms with Gasteiger partial charge in [-0.1, -0.05) is 38.5 Å². The van der Waals surface area contributed by atoms with Gasteiger partial charge in [0, 0.05) is 0 Å². The minimum Gasteiger partial charge on any atom is -0.393 e. The van der Waals surface area contributed by atoms with Crippen LogP contribution in [-0.2, 0) is 5.21 Å². The molecule has 0 atom stereocenters. The second kappa shape index (κ2) is 4.77. The zero-order chi connectivity index (χ0) is 12.6. The first-order valence-corrected chi connectivity index (χ1v) is 7.83. The highest BCUT2D eigenvalue weighted by atomic mass is 16.5. The number of hydrogen-bond acceptors (Lipinski definition) is 2. The Bertz CT molecular complexity index is 265. The molecule has 0 aromatic carbocycles. The van der Waals surface area contributed by atoms with E-state index in [9.17, 15) is 10.3 Å². The molecule has 3 fully saturated rings. The summed E-state index contributed by atoms with van der Waals surface area (Å²) in [6.45, 7) is 0. The molecule has 2 spiro atoms. The highest BCUT2D eigenvalue weighted by Crippen LogP contribution is 2.50. The first kappa shape index (κ1) is 12.9. The molecule has 0 bridgehead atoms. The van der Waals surface area contributed by atoms with Crippen LogP contribution >= 0.6 is 0 Å². The molecular weight excluding hydrogens is 226 g/mol. The summed E-state index contributed by atoms with van der Waals surface area (Å²) in [7, 11) is 0. The van der Waals surface area contributed by atoms with Crippen LogP contribution in [0.15, 0.2) is 0 Å². The molecular formula is C15H26NO2. The lowest BCUT2D eigenvalue weighted by molar-refractivity contribution is -0.327. The van der Waals surface area contributed by atoms with E-state index >= 15 is 0 Å². The molecule has 3 rings (SSSR count). The maximum absolute atomic E-state index is 13.0. The fraction of sp³-hybridized carbons (Fsp3) is 1.00. The summed E-state index contributed by atoms with van der Waals surface area (Å²) in [5.74, 6) is 0. The van der Waals surface area contributed by atoms with Gasteiger partial charge in [-0.05, 0) is 38.5 Å². The van der Waals surface area contributed by atoms with E-state index in [1.165, 1.54) is 43.6 Å². The molecule has 3 nitrogen and oxygen atoms in total. The van der Waals surface area contributed by atoms with Crippen LogP contribution in [0.4, 0.5) is 0 Å².